The molecule has 0 aliphatic carbocycles. The van der Waals surface area contributed by atoms with Crippen LogP contribution in [0.5, 0.6) is 0 Å². The number of benzene rings is 2. The monoisotopic (exact) mass is 318 g/mol. The first-order chi connectivity index (χ1) is 10.5. The highest BCUT2D eigenvalue weighted by molar-refractivity contribution is 6.35. The molecule has 2 atom stereocenters. The number of carbonyl (C=O) groups is 1. The highest BCUT2D eigenvalue weighted by Gasteiger charge is 2.36. The average Bonchev–Trinajstić information content (AvgIpc) is 2.46. The van der Waals surface area contributed by atoms with Crippen molar-refractivity contribution in [2.45, 2.75) is 25.4 Å². The lowest BCUT2D eigenvalue weighted by Crippen LogP contribution is -2.54. The number of nitrogens with two attached hydrogens (primary N) is 1. The van der Waals surface area contributed by atoms with E-state index in [2.05, 4.69) is 0 Å². The summed E-state index contributed by atoms with van der Waals surface area (Å²) < 4.78 is 13.6. The Morgan fingerprint density at radius 3 is 2.73 bits per heavy atom. The van der Waals surface area contributed by atoms with E-state index in [4.69, 9.17) is 17.3 Å². The number of fused-ring (bicyclic) bond motifs is 1. The van der Waals surface area contributed by atoms with Crippen LogP contribution in [-0.4, -0.2) is 18.0 Å². The van der Waals surface area contributed by atoms with Gasteiger partial charge in [0.1, 0.15) is 5.82 Å². The van der Waals surface area contributed by atoms with Crippen molar-refractivity contribution in [3.05, 3.63) is 64.4 Å². The van der Waals surface area contributed by atoms with Crippen LogP contribution >= 0.6 is 11.6 Å². The van der Waals surface area contributed by atoms with Gasteiger partial charge in [0.05, 0.1) is 16.6 Å². The van der Waals surface area contributed by atoms with Gasteiger partial charge in [-0.1, -0.05) is 29.8 Å². The van der Waals surface area contributed by atoms with Gasteiger partial charge in [-0.05, 0) is 43.2 Å². The minimum absolute atomic E-state index is 0.236. The quantitative estimate of drug-likeness (QED) is 0.922. The lowest BCUT2D eigenvalue weighted by Gasteiger charge is -2.39. The van der Waals surface area contributed by atoms with Crippen LogP contribution in [-0.2, 0) is 6.42 Å². The molecule has 2 aromatic rings. The molecule has 0 bridgehead atoms. The molecular weight excluding hydrogens is 303 g/mol. The summed E-state index contributed by atoms with van der Waals surface area (Å²) in [7, 11) is 0. The number of anilines is 1. The Morgan fingerprint density at radius 2 is 2.05 bits per heavy atom. The second-order valence-electron chi connectivity index (χ2n) is 5.56. The third-order valence-electron chi connectivity index (χ3n) is 3.99. The van der Waals surface area contributed by atoms with Gasteiger partial charge in [-0.2, -0.15) is 0 Å². The molecule has 0 saturated carbocycles. The van der Waals surface area contributed by atoms with Gasteiger partial charge in [0.15, 0.2) is 0 Å². The van der Waals surface area contributed by atoms with E-state index in [1.807, 2.05) is 19.1 Å². The van der Waals surface area contributed by atoms with Gasteiger partial charge >= 0.3 is 0 Å². The van der Waals surface area contributed by atoms with E-state index in [0.717, 1.165) is 5.56 Å². The van der Waals surface area contributed by atoms with E-state index >= 15 is 0 Å². The van der Waals surface area contributed by atoms with Crippen molar-refractivity contribution in [3.8, 4) is 0 Å². The van der Waals surface area contributed by atoms with Gasteiger partial charge in [0, 0.05) is 11.7 Å². The molecule has 2 N–H and O–H groups in total. The Balaban J connectivity index is 2.15. The second kappa shape index (κ2) is 5.71. The number of halogens is 2. The fraction of sp³-hybridized carbons (Fsp3) is 0.235. The zero-order valence-corrected chi connectivity index (χ0v) is 12.8. The zero-order chi connectivity index (χ0) is 15.9. The summed E-state index contributed by atoms with van der Waals surface area (Å²) in [5, 5.41) is 0.409. The van der Waals surface area contributed by atoms with Gasteiger partial charge in [-0.15, -0.1) is 0 Å². The fourth-order valence-electron chi connectivity index (χ4n) is 2.92. The Bertz CT molecular complexity index is 732. The molecule has 2 aromatic carbocycles. The minimum Gasteiger partial charge on any atom is -0.326 e. The second-order valence-corrected chi connectivity index (χ2v) is 5.97. The molecule has 3 rings (SSSR count). The standard InChI is InChI=1S/C17H16ClFN2O/c1-10(20)15-8-11-4-2-7-14(18)16(11)17(22)21(15)13-6-3-5-12(19)9-13/h2-7,9-10,15H,8,20H2,1H3/t10-,15?/m0/s1. The van der Waals surface area contributed by atoms with E-state index in [1.165, 1.54) is 12.1 Å². The van der Waals surface area contributed by atoms with E-state index in [1.54, 1.807) is 23.1 Å². The van der Waals surface area contributed by atoms with Gasteiger partial charge in [0.25, 0.3) is 5.91 Å². The van der Waals surface area contributed by atoms with E-state index in [-0.39, 0.29) is 18.0 Å². The average molecular weight is 319 g/mol. The molecule has 1 aliphatic rings. The number of amides is 1. The Morgan fingerprint density at radius 1 is 1.32 bits per heavy atom. The molecule has 3 nitrogen and oxygen atoms in total. The lowest BCUT2D eigenvalue weighted by atomic mass is 9.89. The molecule has 1 heterocycles. The maximum atomic E-state index is 13.6. The van der Waals surface area contributed by atoms with Crippen molar-refractivity contribution in [1.29, 1.82) is 0 Å². The number of rotatable bonds is 2. The predicted molar refractivity (Wildman–Crippen MR) is 85.8 cm³/mol. The summed E-state index contributed by atoms with van der Waals surface area (Å²) in [5.41, 5.74) is 7.93. The highest BCUT2D eigenvalue weighted by Crippen LogP contribution is 2.33. The summed E-state index contributed by atoms with van der Waals surface area (Å²) in [6.45, 7) is 1.85. The molecule has 1 aliphatic heterocycles. The first-order valence-electron chi connectivity index (χ1n) is 7.11. The smallest absolute Gasteiger partial charge is 0.260 e. The molecule has 22 heavy (non-hydrogen) atoms. The summed E-state index contributed by atoms with van der Waals surface area (Å²) in [6, 6.07) is 10.9. The van der Waals surface area contributed by atoms with Crippen LogP contribution < -0.4 is 10.6 Å². The minimum atomic E-state index is -0.390. The number of hydrogen-bond donors (Lipinski definition) is 1. The van der Waals surface area contributed by atoms with Crippen molar-refractivity contribution in [2.75, 3.05) is 4.90 Å². The summed E-state index contributed by atoms with van der Waals surface area (Å²) in [5.74, 6) is -0.626. The lowest BCUT2D eigenvalue weighted by molar-refractivity contribution is 0.0963. The number of hydrogen-bond acceptors (Lipinski definition) is 2. The van der Waals surface area contributed by atoms with E-state index in [0.29, 0.717) is 22.7 Å². The number of nitrogens with zero attached hydrogens (tertiary/aromatic N) is 1. The van der Waals surface area contributed by atoms with Crippen LogP contribution in [0.4, 0.5) is 10.1 Å². The maximum absolute atomic E-state index is 13.6. The highest BCUT2D eigenvalue weighted by atomic mass is 35.5. The third-order valence-corrected chi connectivity index (χ3v) is 4.30. The van der Waals surface area contributed by atoms with Crippen LogP contribution in [0, 0.1) is 5.82 Å². The number of carbonyl (C=O) groups excluding carboxylic acids is 1. The Kier molecular flexibility index (Phi) is 3.89. The normalized spacial score (nSPS) is 19.0. The van der Waals surface area contributed by atoms with Gasteiger partial charge < -0.3 is 10.6 Å². The van der Waals surface area contributed by atoms with Crippen molar-refractivity contribution in [2.24, 2.45) is 5.73 Å². The van der Waals surface area contributed by atoms with E-state index in [9.17, 15) is 9.18 Å². The SMILES string of the molecule is C[C@H](N)C1Cc2cccc(Cl)c2C(=O)N1c1cccc(F)c1. The van der Waals surface area contributed by atoms with Crippen molar-refractivity contribution < 1.29 is 9.18 Å². The van der Waals surface area contributed by atoms with Crippen LogP contribution in [0.15, 0.2) is 42.5 Å². The molecular formula is C17H16ClFN2O. The molecule has 5 heteroatoms. The molecule has 0 saturated heterocycles. The first kappa shape index (κ1) is 15.0. The van der Waals surface area contributed by atoms with Crippen molar-refractivity contribution in [1.82, 2.24) is 0 Å². The molecule has 1 unspecified atom stereocenters. The van der Waals surface area contributed by atoms with Gasteiger partial charge in [0.2, 0.25) is 0 Å². The summed E-state index contributed by atoms with van der Waals surface area (Å²) >= 11 is 6.20. The molecule has 0 radical (unpaired) electrons. The van der Waals surface area contributed by atoms with Crippen LogP contribution in [0.1, 0.15) is 22.8 Å². The first-order valence-corrected chi connectivity index (χ1v) is 7.49. The van der Waals surface area contributed by atoms with Crippen LogP contribution in [0.3, 0.4) is 0 Å². The predicted octanol–water partition coefficient (Wildman–Crippen LogP) is 3.40. The Labute approximate surface area is 133 Å². The van der Waals surface area contributed by atoms with E-state index < -0.39 is 5.82 Å². The third kappa shape index (κ3) is 2.49. The van der Waals surface area contributed by atoms with Gasteiger partial charge in [-0.3, -0.25) is 4.79 Å². The summed E-state index contributed by atoms with van der Waals surface area (Å²) in [6.07, 6.45) is 0.593. The molecule has 0 spiro atoms. The van der Waals surface area contributed by atoms with Crippen molar-refractivity contribution >= 4 is 23.2 Å². The van der Waals surface area contributed by atoms with Crippen LogP contribution in [0.25, 0.3) is 0 Å². The van der Waals surface area contributed by atoms with Gasteiger partial charge in [-0.25, -0.2) is 4.39 Å². The topological polar surface area (TPSA) is 46.3 Å². The molecule has 1 amide bonds. The molecule has 0 aromatic heterocycles. The maximum Gasteiger partial charge on any atom is 0.260 e. The fourth-order valence-corrected chi connectivity index (χ4v) is 3.20. The molecule has 114 valence electrons. The Hall–Kier alpha value is -1.91. The summed E-state index contributed by atoms with van der Waals surface area (Å²) in [4.78, 5) is 14.5. The van der Waals surface area contributed by atoms with Crippen molar-refractivity contribution in [3.63, 3.8) is 0 Å². The zero-order valence-electron chi connectivity index (χ0n) is 12.1. The largest absolute Gasteiger partial charge is 0.326 e. The molecule has 0 fully saturated rings. The van der Waals surface area contributed by atoms with Crippen LogP contribution in [0.2, 0.25) is 5.02 Å².